The van der Waals surface area contributed by atoms with Crippen LogP contribution in [0.1, 0.15) is 85.5 Å². The molecule has 8 heteroatoms. The molecule has 5 rings (SSSR count). The van der Waals surface area contributed by atoms with Crippen molar-refractivity contribution in [2.75, 3.05) is 6.61 Å². The van der Waals surface area contributed by atoms with Crippen LogP contribution in [0.3, 0.4) is 0 Å². The molecule has 2 N–H and O–H groups in total. The van der Waals surface area contributed by atoms with Crippen molar-refractivity contribution in [3.05, 3.63) is 47.0 Å². The number of carbonyl (C=O) groups is 2. The third kappa shape index (κ3) is 4.49. The van der Waals surface area contributed by atoms with E-state index < -0.39 is 66.3 Å². The van der Waals surface area contributed by atoms with Crippen LogP contribution in [0.5, 0.6) is 0 Å². The van der Waals surface area contributed by atoms with Crippen molar-refractivity contribution in [1.82, 2.24) is 0 Å². The maximum atomic E-state index is 15.2. The highest BCUT2D eigenvalue weighted by Gasteiger charge is 2.75. The van der Waals surface area contributed by atoms with Crippen LogP contribution in [0.15, 0.2) is 41.5 Å². The molecule has 238 valence electrons. The molecule has 3 aliphatic carbocycles. The Morgan fingerprint density at radius 3 is 2.21 bits per heavy atom. The number of benzene rings is 1. The maximum absolute atomic E-state index is 15.2. The molecule has 0 aromatic heterocycles. The summed E-state index contributed by atoms with van der Waals surface area (Å²) < 4.78 is 20.0. The SMILES string of the molecule is CC[Si](CC)(CC)O[C@H]1C[C@H]2OC[C@@]2(C)C2[C@H](OC(=O)c3ccccc3)[C@]3(O)C[C@H](O)C(C)=C([C@@H](C)C(=O)[C@@]21C)C3(C)C. The van der Waals surface area contributed by atoms with Crippen LogP contribution in [0.2, 0.25) is 18.1 Å². The molecule has 7 nitrogen and oxygen atoms in total. The molecule has 2 bridgehead atoms. The molecule has 1 unspecified atom stereocenters. The van der Waals surface area contributed by atoms with Gasteiger partial charge in [0.2, 0.25) is 0 Å². The fraction of sp³-hybridized carbons (Fsp3) is 0.714. The molecule has 0 radical (unpaired) electrons. The highest BCUT2D eigenvalue weighted by atomic mass is 28.4. The van der Waals surface area contributed by atoms with Crippen LogP contribution in [-0.4, -0.2) is 66.9 Å². The molecule has 2 saturated carbocycles. The molecule has 9 atom stereocenters. The van der Waals surface area contributed by atoms with Gasteiger partial charge in [0.05, 0.1) is 35.9 Å². The standard InChI is InChI=1S/C35H52O7Si/c1-10-43(11-2,12-3)42-26-18-25-33(8,20-40-25)28-30(41-31(38)23-16-14-13-15-17-23)35(39)19-24(36)21(4)27(32(35,6)7)22(5)29(37)34(26,28)9/h13-17,22,24-26,28,30,36,39H,10-12,18-20H2,1-9H3/t22-,24+,25-,26+,28?,30+,33-,34-,35-/m1/s1. The molecule has 3 fully saturated rings. The lowest BCUT2D eigenvalue weighted by Crippen LogP contribution is -2.77. The number of aliphatic hydroxyl groups excluding tert-OH is 1. The second kappa shape index (κ2) is 10.9. The summed E-state index contributed by atoms with van der Waals surface area (Å²) in [6, 6.07) is 11.6. The van der Waals surface area contributed by atoms with Crippen molar-refractivity contribution in [3.63, 3.8) is 0 Å². The van der Waals surface area contributed by atoms with Gasteiger partial charge in [0.25, 0.3) is 0 Å². The van der Waals surface area contributed by atoms with Gasteiger partial charge in [0.15, 0.2) is 8.32 Å². The highest BCUT2D eigenvalue weighted by Crippen LogP contribution is 2.67. The Balaban J connectivity index is 1.79. The molecule has 0 amide bonds. The Labute approximate surface area is 258 Å². The Kier molecular flexibility index (Phi) is 8.25. The monoisotopic (exact) mass is 612 g/mol. The summed E-state index contributed by atoms with van der Waals surface area (Å²) in [5, 5.41) is 24.5. The van der Waals surface area contributed by atoms with Gasteiger partial charge < -0.3 is 24.1 Å². The number of hydrogen-bond acceptors (Lipinski definition) is 7. The van der Waals surface area contributed by atoms with Crippen molar-refractivity contribution < 1.29 is 33.7 Å². The Bertz CT molecular complexity index is 1280. The van der Waals surface area contributed by atoms with Crippen LogP contribution in [0.4, 0.5) is 0 Å². The van der Waals surface area contributed by atoms with E-state index in [-0.39, 0.29) is 18.3 Å². The second-order valence-corrected chi connectivity index (χ2v) is 19.5. The third-order valence-corrected chi connectivity index (χ3v) is 17.3. The largest absolute Gasteiger partial charge is 0.455 e. The number of carbonyl (C=O) groups excluding carboxylic acids is 2. The molecule has 0 spiro atoms. The predicted molar refractivity (Wildman–Crippen MR) is 168 cm³/mol. The predicted octanol–water partition coefficient (Wildman–Crippen LogP) is 6.09. The molecule has 1 saturated heterocycles. The Hall–Kier alpha value is -1.84. The first kappa shape index (κ1) is 32.5. The van der Waals surface area contributed by atoms with E-state index in [0.29, 0.717) is 18.6 Å². The molecular formula is C35H52O7Si. The molecule has 4 aliphatic rings. The molecule has 1 aliphatic heterocycles. The molecular weight excluding hydrogens is 560 g/mol. The molecule has 1 heterocycles. The summed E-state index contributed by atoms with van der Waals surface area (Å²) in [7, 11) is -2.20. The number of aliphatic hydroxyl groups is 2. The minimum absolute atomic E-state index is 0.000253. The highest BCUT2D eigenvalue weighted by molar-refractivity contribution is 6.73. The summed E-state index contributed by atoms with van der Waals surface area (Å²) in [6.07, 6.45) is -2.14. The van der Waals surface area contributed by atoms with Crippen LogP contribution in [-0.2, 0) is 18.7 Å². The number of rotatable bonds is 7. The lowest BCUT2D eigenvalue weighted by Gasteiger charge is -2.69. The van der Waals surface area contributed by atoms with Gasteiger partial charge in [0.1, 0.15) is 17.5 Å². The summed E-state index contributed by atoms with van der Waals surface area (Å²) in [5.74, 6) is -1.69. The average molecular weight is 613 g/mol. The third-order valence-electron chi connectivity index (χ3n) is 12.7. The van der Waals surface area contributed by atoms with Crippen molar-refractivity contribution in [3.8, 4) is 0 Å². The van der Waals surface area contributed by atoms with E-state index in [4.69, 9.17) is 13.9 Å². The molecule has 1 aromatic rings. The fourth-order valence-corrected chi connectivity index (χ4v) is 12.6. The van der Waals surface area contributed by atoms with Crippen molar-refractivity contribution in [2.45, 2.75) is 123 Å². The minimum atomic E-state index is -2.20. The van der Waals surface area contributed by atoms with E-state index in [1.165, 1.54) is 0 Å². The first-order valence-corrected chi connectivity index (χ1v) is 18.8. The summed E-state index contributed by atoms with van der Waals surface area (Å²) in [5.41, 5.74) is -2.42. The first-order chi connectivity index (χ1) is 20.1. The van der Waals surface area contributed by atoms with Crippen molar-refractivity contribution in [1.29, 1.82) is 0 Å². The van der Waals surface area contributed by atoms with E-state index in [1.807, 2.05) is 40.7 Å². The van der Waals surface area contributed by atoms with Crippen LogP contribution < -0.4 is 0 Å². The topological polar surface area (TPSA) is 102 Å². The zero-order valence-corrected chi connectivity index (χ0v) is 28.5. The number of hydrogen-bond donors (Lipinski definition) is 2. The van der Waals surface area contributed by atoms with Crippen molar-refractivity contribution in [2.24, 2.45) is 28.1 Å². The van der Waals surface area contributed by atoms with Gasteiger partial charge >= 0.3 is 5.97 Å². The van der Waals surface area contributed by atoms with Gasteiger partial charge in [-0.05, 0) is 55.3 Å². The normalized spacial score (nSPS) is 40.5. The zero-order valence-electron chi connectivity index (χ0n) is 27.5. The van der Waals surface area contributed by atoms with Gasteiger partial charge in [-0.15, -0.1) is 0 Å². The second-order valence-electron chi connectivity index (χ2n) is 14.8. The van der Waals surface area contributed by atoms with E-state index >= 15 is 4.79 Å². The molecule has 43 heavy (non-hydrogen) atoms. The number of Topliss-reactive ketones (excluding diaryl/α,β-unsaturated/α-hetero) is 1. The number of esters is 1. The van der Waals surface area contributed by atoms with Gasteiger partial charge in [0, 0.05) is 35.5 Å². The van der Waals surface area contributed by atoms with E-state index in [1.54, 1.807) is 24.3 Å². The average Bonchev–Trinajstić information content (AvgIpc) is 2.98. The smallest absolute Gasteiger partial charge is 0.338 e. The number of ether oxygens (including phenoxy) is 2. The summed E-state index contributed by atoms with van der Waals surface area (Å²) in [6.45, 7) is 18.7. The van der Waals surface area contributed by atoms with E-state index in [0.717, 1.165) is 29.3 Å². The van der Waals surface area contributed by atoms with E-state index in [2.05, 4.69) is 27.7 Å². The van der Waals surface area contributed by atoms with E-state index in [9.17, 15) is 15.0 Å². The zero-order chi connectivity index (χ0) is 31.8. The Morgan fingerprint density at radius 1 is 1.07 bits per heavy atom. The summed E-state index contributed by atoms with van der Waals surface area (Å²) >= 11 is 0. The lowest BCUT2D eigenvalue weighted by atomic mass is 9.41. The van der Waals surface area contributed by atoms with Gasteiger partial charge in [-0.25, -0.2) is 4.79 Å². The first-order valence-electron chi connectivity index (χ1n) is 16.3. The quantitative estimate of drug-likeness (QED) is 0.218. The van der Waals surface area contributed by atoms with Crippen LogP contribution in [0, 0.1) is 28.1 Å². The van der Waals surface area contributed by atoms with Crippen LogP contribution in [0.25, 0.3) is 0 Å². The van der Waals surface area contributed by atoms with Crippen molar-refractivity contribution >= 4 is 20.1 Å². The molecule has 1 aromatic carbocycles. The number of fused-ring (bicyclic) bond motifs is 5. The Morgan fingerprint density at radius 2 is 1.67 bits per heavy atom. The summed E-state index contributed by atoms with van der Waals surface area (Å²) in [4.78, 5) is 29.1. The van der Waals surface area contributed by atoms with Gasteiger partial charge in [-0.2, -0.15) is 0 Å². The van der Waals surface area contributed by atoms with Gasteiger partial charge in [-0.3, -0.25) is 4.79 Å². The van der Waals surface area contributed by atoms with Crippen LogP contribution >= 0.6 is 0 Å². The number of ketones is 1. The minimum Gasteiger partial charge on any atom is -0.455 e. The maximum Gasteiger partial charge on any atom is 0.338 e. The lowest BCUT2D eigenvalue weighted by molar-refractivity contribution is -0.311. The van der Waals surface area contributed by atoms with Gasteiger partial charge in [-0.1, -0.05) is 66.7 Å². The fourth-order valence-electron chi connectivity index (χ4n) is 9.62.